The zero-order chi connectivity index (χ0) is 11.4. The molecule has 0 saturated heterocycles. The summed E-state index contributed by atoms with van der Waals surface area (Å²) in [6.07, 6.45) is 3.09. The Morgan fingerprint density at radius 3 is 2.75 bits per heavy atom. The van der Waals surface area contributed by atoms with Crippen LogP contribution in [-0.2, 0) is 0 Å². The van der Waals surface area contributed by atoms with Crippen LogP contribution in [0.25, 0.3) is 0 Å². The van der Waals surface area contributed by atoms with E-state index in [9.17, 15) is 4.79 Å². The van der Waals surface area contributed by atoms with Gasteiger partial charge in [0.25, 0.3) is 5.91 Å². The lowest BCUT2D eigenvalue weighted by Crippen LogP contribution is -2.15. The summed E-state index contributed by atoms with van der Waals surface area (Å²) in [6.45, 7) is 0. The Kier molecular flexibility index (Phi) is 3.21. The van der Waals surface area contributed by atoms with Gasteiger partial charge < -0.3 is 5.32 Å². The number of carbonyl (C=O) groups is 1. The third-order valence-electron chi connectivity index (χ3n) is 1.79. The first-order valence-corrected chi connectivity index (χ1v) is 5.26. The number of hydrogen-bond acceptors (Lipinski definition) is 4. The van der Waals surface area contributed by atoms with E-state index in [4.69, 9.17) is 0 Å². The van der Waals surface area contributed by atoms with Crippen molar-refractivity contribution in [1.29, 1.82) is 0 Å². The second-order valence-corrected chi connectivity index (χ2v) is 3.75. The molecule has 2 rings (SSSR count). The van der Waals surface area contributed by atoms with Crippen molar-refractivity contribution in [2.45, 2.75) is 0 Å². The molecule has 0 aliphatic carbocycles. The quantitative estimate of drug-likeness (QED) is 0.911. The third-order valence-corrected chi connectivity index (χ3v) is 2.43. The van der Waals surface area contributed by atoms with Crippen LogP contribution in [0.2, 0.25) is 0 Å². The number of nitrogens with one attached hydrogen (secondary N) is 1. The van der Waals surface area contributed by atoms with Gasteiger partial charge in [-0.2, -0.15) is 5.10 Å². The Hall–Kier alpha value is -1.82. The summed E-state index contributed by atoms with van der Waals surface area (Å²) >= 11 is 3.25. The lowest BCUT2D eigenvalue weighted by atomic mass is 10.3. The molecule has 0 atom stereocenters. The van der Waals surface area contributed by atoms with Gasteiger partial charge in [0, 0.05) is 16.9 Å². The van der Waals surface area contributed by atoms with Gasteiger partial charge in [-0.15, -0.1) is 5.10 Å². The summed E-state index contributed by atoms with van der Waals surface area (Å²) in [5, 5.41) is 10.00. The second kappa shape index (κ2) is 4.80. The van der Waals surface area contributed by atoms with E-state index in [0.717, 1.165) is 0 Å². The topological polar surface area (TPSA) is 67.8 Å². The van der Waals surface area contributed by atoms with E-state index >= 15 is 0 Å². The average Bonchev–Trinajstić information content (AvgIpc) is 2.31. The summed E-state index contributed by atoms with van der Waals surface area (Å²) in [7, 11) is 0. The molecule has 0 radical (unpaired) electrons. The van der Waals surface area contributed by atoms with Crippen LogP contribution in [0.3, 0.4) is 0 Å². The summed E-state index contributed by atoms with van der Waals surface area (Å²) in [5.74, 6) is 0.0676. The van der Waals surface area contributed by atoms with E-state index in [1.165, 1.54) is 6.20 Å². The summed E-state index contributed by atoms with van der Waals surface area (Å²) in [6, 6.07) is 6.83. The molecule has 1 N–H and O–H groups in total. The molecule has 2 aromatic heterocycles. The number of aromatic nitrogens is 3. The van der Waals surface area contributed by atoms with E-state index in [1.54, 1.807) is 30.5 Å². The predicted molar refractivity (Wildman–Crippen MR) is 61.9 cm³/mol. The Morgan fingerprint density at radius 2 is 2.06 bits per heavy atom. The first kappa shape index (κ1) is 10.7. The SMILES string of the molecule is O=C(Nc1cccnn1)c1ncccc1Br. The van der Waals surface area contributed by atoms with Crippen molar-refractivity contribution in [2.75, 3.05) is 5.32 Å². The molecule has 16 heavy (non-hydrogen) atoms. The minimum Gasteiger partial charge on any atom is -0.304 e. The van der Waals surface area contributed by atoms with Crippen molar-refractivity contribution < 1.29 is 4.79 Å². The van der Waals surface area contributed by atoms with E-state index in [2.05, 4.69) is 36.4 Å². The number of rotatable bonds is 2. The fourth-order valence-electron chi connectivity index (χ4n) is 1.10. The molecule has 0 aliphatic rings. The Bertz CT molecular complexity index is 503. The van der Waals surface area contributed by atoms with Crippen LogP contribution in [0.15, 0.2) is 41.1 Å². The minimum absolute atomic E-state index is 0.313. The average molecular weight is 279 g/mol. The molecule has 0 spiro atoms. The molecule has 1 amide bonds. The third kappa shape index (κ3) is 2.40. The molecule has 0 aliphatic heterocycles. The normalized spacial score (nSPS) is 9.81. The molecule has 0 fully saturated rings. The van der Waals surface area contributed by atoms with Gasteiger partial charge in [0.2, 0.25) is 0 Å². The zero-order valence-corrected chi connectivity index (χ0v) is 9.68. The van der Waals surface area contributed by atoms with Gasteiger partial charge in [-0.05, 0) is 40.2 Å². The molecule has 6 heteroatoms. The van der Waals surface area contributed by atoms with Crippen LogP contribution >= 0.6 is 15.9 Å². The molecule has 0 aromatic carbocycles. The molecule has 0 saturated carbocycles. The lowest BCUT2D eigenvalue weighted by Gasteiger charge is -2.03. The van der Waals surface area contributed by atoms with Crippen molar-refractivity contribution in [2.24, 2.45) is 0 Å². The van der Waals surface area contributed by atoms with Crippen molar-refractivity contribution in [3.63, 3.8) is 0 Å². The van der Waals surface area contributed by atoms with Crippen LogP contribution in [0.5, 0.6) is 0 Å². The second-order valence-electron chi connectivity index (χ2n) is 2.90. The number of amides is 1. The Labute approximate surface area is 100 Å². The van der Waals surface area contributed by atoms with Crippen LogP contribution in [0.1, 0.15) is 10.5 Å². The minimum atomic E-state index is -0.326. The fourth-order valence-corrected chi connectivity index (χ4v) is 1.53. The maximum atomic E-state index is 11.8. The smallest absolute Gasteiger partial charge is 0.276 e. The largest absolute Gasteiger partial charge is 0.304 e. The molecule has 80 valence electrons. The van der Waals surface area contributed by atoms with E-state index in [1.807, 2.05) is 0 Å². The van der Waals surface area contributed by atoms with Crippen LogP contribution < -0.4 is 5.32 Å². The fraction of sp³-hybridized carbons (Fsp3) is 0. The maximum Gasteiger partial charge on any atom is 0.276 e. The molecular weight excluding hydrogens is 272 g/mol. The maximum absolute atomic E-state index is 11.8. The van der Waals surface area contributed by atoms with Gasteiger partial charge >= 0.3 is 0 Å². The lowest BCUT2D eigenvalue weighted by molar-refractivity contribution is 0.102. The number of hydrogen-bond donors (Lipinski definition) is 1. The van der Waals surface area contributed by atoms with E-state index in [0.29, 0.717) is 16.0 Å². The highest BCUT2D eigenvalue weighted by atomic mass is 79.9. The van der Waals surface area contributed by atoms with Crippen molar-refractivity contribution in [1.82, 2.24) is 15.2 Å². The summed E-state index contributed by atoms with van der Waals surface area (Å²) in [4.78, 5) is 15.7. The van der Waals surface area contributed by atoms with Gasteiger partial charge in [0.1, 0.15) is 5.69 Å². The van der Waals surface area contributed by atoms with Crippen LogP contribution in [0, 0.1) is 0 Å². The Balaban J connectivity index is 2.19. The van der Waals surface area contributed by atoms with Crippen LogP contribution in [-0.4, -0.2) is 21.1 Å². The highest BCUT2D eigenvalue weighted by molar-refractivity contribution is 9.10. The van der Waals surface area contributed by atoms with Gasteiger partial charge in [-0.1, -0.05) is 0 Å². The molecule has 0 unspecified atom stereocenters. The molecule has 5 nitrogen and oxygen atoms in total. The monoisotopic (exact) mass is 278 g/mol. The first-order chi connectivity index (χ1) is 7.77. The van der Waals surface area contributed by atoms with Crippen molar-refractivity contribution >= 4 is 27.7 Å². The molecule has 2 heterocycles. The van der Waals surface area contributed by atoms with Gasteiger partial charge in [0.15, 0.2) is 5.82 Å². The summed E-state index contributed by atoms with van der Waals surface area (Å²) < 4.78 is 0.636. The highest BCUT2D eigenvalue weighted by Crippen LogP contribution is 2.14. The number of pyridine rings is 1. The molecule has 2 aromatic rings. The van der Waals surface area contributed by atoms with E-state index in [-0.39, 0.29) is 5.91 Å². The van der Waals surface area contributed by atoms with Crippen molar-refractivity contribution in [3.8, 4) is 0 Å². The number of nitrogens with zero attached hydrogens (tertiary/aromatic N) is 3. The van der Waals surface area contributed by atoms with Crippen molar-refractivity contribution in [3.05, 3.63) is 46.8 Å². The van der Waals surface area contributed by atoms with Crippen LogP contribution in [0.4, 0.5) is 5.82 Å². The number of halogens is 1. The molecule has 0 bridgehead atoms. The number of carbonyl (C=O) groups excluding carboxylic acids is 1. The first-order valence-electron chi connectivity index (χ1n) is 4.47. The standard InChI is InChI=1S/C10H7BrN4O/c11-7-3-1-5-12-9(7)10(16)14-8-4-2-6-13-15-8/h1-6H,(H,14,15,16). The predicted octanol–water partition coefficient (Wildman–Crippen LogP) is 1.89. The highest BCUT2D eigenvalue weighted by Gasteiger charge is 2.11. The summed E-state index contributed by atoms with van der Waals surface area (Å²) in [5.41, 5.74) is 0.313. The van der Waals surface area contributed by atoms with Gasteiger partial charge in [0.05, 0.1) is 0 Å². The number of anilines is 1. The zero-order valence-electron chi connectivity index (χ0n) is 8.09. The molecular formula is C10H7BrN4O. The van der Waals surface area contributed by atoms with E-state index < -0.39 is 0 Å². The van der Waals surface area contributed by atoms with Gasteiger partial charge in [-0.25, -0.2) is 4.98 Å². The van der Waals surface area contributed by atoms with Gasteiger partial charge in [-0.3, -0.25) is 4.79 Å². The Morgan fingerprint density at radius 1 is 1.25 bits per heavy atom.